The van der Waals surface area contributed by atoms with Crippen LogP contribution in [0.4, 0.5) is 0 Å². The maximum absolute atomic E-state index is 11.8. The fourth-order valence-corrected chi connectivity index (χ4v) is 2.39. The Morgan fingerprint density at radius 2 is 2.00 bits per heavy atom. The molecule has 2 aromatic carbocycles. The SMILES string of the molecule is COc1ccccc1/C(C#N)=C\c1cccc(OC(=O)C2CC2)c1. The minimum atomic E-state index is -0.179. The predicted octanol–water partition coefficient (Wildman–Crippen LogP) is 4.07. The number of para-hydroxylation sites is 1. The molecule has 1 saturated carbocycles. The summed E-state index contributed by atoms with van der Waals surface area (Å²) in [6.07, 6.45) is 3.57. The van der Waals surface area contributed by atoms with E-state index in [1.165, 1.54) is 0 Å². The summed E-state index contributed by atoms with van der Waals surface area (Å²) in [6, 6.07) is 16.7. The minimum Gasteiger partial charge on any atom is -0.496 e. The van der Waals surface area contributed by atoms with E-state index >= 15 is 0 Å². The molecule has 1 aliphatic carbocycles. The maximum Gasteiger partial charge on any atom is 0.314 e. The van der Waals surface area contributed by atoms with Gasteiger partial charge in [0.15, 0.2) is 0 Å². The molecule has 0 unspecified atom stereocenters. The highest BCUT2D eigenvalue weighted by Gasteiger charge is 2.31. The third kappa shape index (κ3) is 3.64. The second-order valence-corrected chi connectivity index (χ2v) is 5.64. The van der Waals surface area contributed by atoms with Crippen LogP contribution in [-0.2, 0) is 4.79 Å². The number of allylic oxidation sites excluding steroid dienone is 1. The molecule has 24 heavy (non-hydrogen) atoms. The van der Waals surface area contributed by atoms with Crippen molar-refractivity contribution in [3.8, 4) is 17.6 Å². The molecule has 0 radical (unpaired) electrons. The Kier molecular flexibility index (Phi) is 4.62. The molecule has 1 aliphatic rings. The Balaban J connectivity index is 1.88. The molecule has 0 atom stereocenters. The lowest BCUT2D eigenvalue weighted by Crippen LogP contribution is -2.09. The molecule has 0 aliphatic heterocycles. The number of rotatable bonds is 5. The number of benzene rings is 2. The number of hydrogen-bond acceptors (Lipinski definition) is 4. The number of methoxy groups -OCH3 is 1. The first-order valence-electron chi connectivity index (χ1n) is 7.78. The average molecular weight is 319 g/mol. The molecule has 0 amide bonds. The van der Waals surface area contributed by atoms with E-state index in [-0.39, 0.29) is 11.9 Å². The molecule has 4 nitrogen and oxygen atoms in total. The van der Waals surface area contributed by atoms with Gasteiger partial charge in [0.1, 0.15) is 11.5 Å². The first-order chi connectivity index (χ1) is 11.7. The van der Waals surface area contributed by atoms with Crippen molar-refractivity contribution in [2.75, 3.05) is 7.11 Å². The quantitative estimate of drug-likeness (QED) is 0.361. The second-order valence-electron chi connectivity index (χ2n) is 5.64. The van der Waals surface area contributed by atoms with Crippen molar-refractivity contribution >= 4 is 17.6 Å². The predicted molar refractivity (Wildman–Crippen MR) is 91.3 cm³/mol. The first-order valence-corrected chi connectivity index (χ1v) is 7.78. The number of carbonyl (C=O) groups is 1. The van der Waals surface area contributed by atoms with E-state index in [1.54, 1.807) is 31.4 Å². The normalized spacial score (nSPS) is 13.9. The third-order valence-corrected chi connectivity index (χ3v) is 3.82. The van der Waals surface area contributed by atoms with Gasteiger partial charge in [-0.25, -0.2) is 0 Å². The fourth-order valence-electron chi connectivity index (χ4n) is 2.39. The molecule has 4 heteroatoms. The van der Waals surface area contributed by atoms with Crippen molar-refractivity contribution < 1.29 is 14.3 Å². The van der Waals surface area contributed by atoms with E-state index in [0.717, 1.165) is 24.0 Å². The highest BCUT2D eigenvalue weighted by atomic mass is 16.5. The molecule has 3 rings (SSSR count). The highest BCUT2D eigenvalue weighted by molar-refractivity contribution is 5.91. The molecule has 0 spiro atoms. The largest absolute Gasteiger partial charge is 0.496 e. The van der Waals surface area contributed by atoms with Crippen LogP contribution in [0, 0.1) is 17.2 Å². The van der Waals surface area contributed by atoms with E-state index in [1.807, 2.05) is 30.3 Å². The topological polar surface area (TPSA) is 59.3 Å². The van der Waals surface area contributed by atoms with Gasteiger partial charge in [-0.05, 0) is 48.7 Å². The Hall–Kier alpha value is -3.06. The van der Waals surface area contributed by atoms with Crippen molar-refractivity contribution in [2.24, 2.45) is 5.92 Å². The molecular weight excluding hydrogens is 302 g/mol. The molecule has 0 bridgehead atoms. The number of nitrogens with zero attached hydrogens (tertiary/aromatic N) is 1. The van der Waals surface area contributed by atoms with Crippen LogP contribution in [0.2, 0.25) is 0 Å². The number of esters is 1. The average Bonchev–Trinajstić information content (AvgIpc) is 3.45. The first kappa shape index (κ1) is 15.8. The highest BCUT2D eigenvalue weighted by Crippen LogP contribution is 2.31. The van der Waals surface area contributed by atoms with Gasteiger partial charge in [0, 0.05) is 5.56 Å². The summed E-state index contributed by atoms with van der Waals surface area (Å²) in [5.74, 6) is 1.01. The molecule has 2 aromatic rings. The monoisotopic (exact) mass is 319 g/mol. The van der Waals surface area contributed by atoms with E-state index in [2.05, 4.69) is 6.07 Å². The summed E-state index contributed by atoms with van der Waals surface area (Å²) in [5.41, 5.74) is 2.00. The van der Waals surface area contributed by atoms with Gasteiger partial charge in [0.25, 0.3) is 0 Å². The van der Waals surface area contributed by atoms with Gasteiger partial charge in [-0.2, -0.15) is 5.26 Å². The van der Waals surface area contributed by atoms with Crippen LogP contribution in [0.1, 0.15) is 24.0 Å². The van der Waals surface area contributed by atoms with Crippen LogP contribution >= 0.6 is 0 Å². The smallest absolute Gasteiger partial charge is 0.314 e. The molecule has 0 N–H and O–H groups in total. The summed E-state index contributed by atoms with van der Waals surface area (Å²) in [6.45, 7) is 0. The Bertz CT molecular complexity index is 829. The number of hydrogen-bond donors (Lipinski definition) is 0. The lowest BCUT2D eigenvalue weighted by atomic mass is 10.0. The standard InChI is InChI=1S/C20H17NO3/c1-23-19-8-3-2-7-18(19)16(13-21)11-14-5-4-6-17(12-14)24-20(22)15-9-10-15/h2-8,11-12,15H,9-10H2,1H3/b16-11-. The zero-order chi connectivity index (χ0) is 16.9. The molecule has 0 heterocycles. The van der Waals surface area contributed by atoms with Gasteiger partial charge in [-0.15, -0.1) is 0 Å². The van der Waals surface area contributed by atoms with Crippen molar-refractivity contribution in [3.63, 3.8) is 0 Å². The van der Waals surface area contributed by atoms with Crippen molar-refractivity contribution in [1.29, 1.82) is 5.26 Å². The summed E-state index contributed by atoms with van der Waals surface area (Å²) >= 11 is 0. The van der Waals surface area contributed by atoms with Gasteiger partial charge in [0.2, 0.25) is 0 Å². The summed E-state index contributed by atoms with van der Waals surface area (Å²) in [4.78, 5) is 11.8. The molecule has 0 saturated heterocycles. The summed E-state index contributed by atoms with van der Waals surface area (Å²) in [7, 11) is 1.58. The zero-order valence-electron chi connectivity index (χ0n) is 13.4. The van der Waals surface area contributed by atoms with Gasteiger partial charge >= 0.3 is 5.97 Å². The Morgan fingerprint density at radius 1 is 1.21 bits per heavy atom. The number of carbonyl (C=O) groups excluding carboxylic acids is 1. The lowest BCUT2D eigenvalue weighted by Gasteiger charge is -2.07. The second kappa shape index (κ2) is 7.01. The van der Waals surface area contributed by atoms with Crippen LogP contribution in [-0.4, -0.2) is 13.1 Å². The van der Waals surface area contributed by atoms with Crippen molar-refractivity contribution in [1.82, 2.24) is 0 Å². The summed E-state index contributed by atoms with van der Waals surface area (Å²) < 4.78 is 10.7. The van der Waals surface area contributed by atoms with E-state index < -0.39 is 0 Å². The number of nitriles is 1. The van der Waals surface area contributed by atoms with Crippen LogP contribution in [0.3, 0.4) is 0 Å². The molecule has 1 fully saturated rings. The van der Waals surface area contributed by atoms with E-state index in [0.29, 0.717) is 17.1 Å². The Morgan fingerprint density at radius 3 is 2.71 bits per heavy atom. The van der Waals surface area contributed by atoms with Gasteiger partial charge in [-0.1, -0.05) is 24.3 Å². The molecule has 0 aromatic heterocycles. The Labute approximate surface area is 140 Å². The van der Waals surface area contributed by atoms with E-state index in [9.17, 15) is 10.1 Å². The summed E-state index contributed by atoms with van der Waals surface area (Å²) in [5, 5.41) is 9.50. The van der Waals surface area contributed by atoms with Gasteiger partial charge in [-0.3, -0.25) is 4.79 Å². The fraction of sp³-hybridized carbons (Fsp3) is 0.200. The number of ether oxygens (including phenoxy) is 2. The van der Waals surface area contributed by atoms with Crippen LogP contribution in [0.5, 0.6) is 11.5 Å². The van der Waals surface area contributed by atoms with Gasteiger partial charge < -0.3 is 9.47 Å². The van der Waals surface area contributed by atoms with Crippen molar-refractivity contribution in [2.45, 2.75) is 12.8 Å². The van der Waals surface area contributed by atoms with Gasteiger partial charge in [0.05, 0.1) is 24.7 Å². The zero-order valence-corrected chi connectivity index (χ0v) is 13.4. The van der Waals surface area contributed by atoms with Crippen molar-refractivity contribution in [3.05, 3.63) is 59.7 Å². The van der Waals surface area contributed by atoms with Crippen LogP contribution in [0.25, 0.3) is 11.6 Å². The maximum atomic E-state index is 11.8. The minimum absolute atomic E-state index is 0.0486. The van der Waals surface area contributed by atoms with E-state index in [4.69, 9.17) is 9.47 Å². The molecule has 120 valence electrons. The molecular formula is C20H17NO3. The lowest BCUT2D eigenvalue weighted by molar-refractivity contribution is -0.135. The van der Waals surface area contributed by atoms with Crippen LogP contribution in [0.15, 0.2) is 48.5 Å². The third-order valence-electron chi connectivity index (χ3n) is 3.82. The van der Waals surface area contributed by atoms with Crippen LogP contribution < -0.4 is 9.47 Å².